The highest BCUT2D eigenvalue weighted by Crippen LogP contribution is 2.43. The molecule has 2 aliphatic heterocycles. The van der Waals surface area contributed by atoms with E-state index in [0.717, 1.165) is 18.5 Å². The van der Waals surface area contributed by atoms with Crippen LogP contribution in [0.25, 0.3) is 0 Å². The van der Waals surface area contributed by atoms with E-state index in [1.54, 1.807) is 4.90 Å². The fourth-order valence-electron chi connectivity index (χ4n) is 4.70. The minimum absolute atomic E-state index is 0.0340. The monoisotopic (exact) mass is 406 g/mol. The van der Waals surface area contributed by atoms with Crippen LogP contribution in [0.2, 0.25) is 0 Å². The largest absolute Gasteiger partial charge is 0.486 e. The Morgan fingerprint density at radius 2 is 1.83 bits per heavy atom. The summed E-state index contributed by atoms with van der Waals surface area (Å²) in [4.78, 5) is 27.2. The van der Waals surface area contributed by atoms with Gasteiger partial charge in [0.2, 0.25) is 11.8 Å². The van der Waals surface area contributed by atoms with Crippen molar-refractivity contribution in [2.45, 2.75) is 31.1 Å². The van der Waals surface area contributed by atoms with Gasteiger partial charge in [0.15, 0.2) is 11.5 Å². The molecule has 1 saturated carbocycles. The number of benzene rings is 2. The molecule has 30 heavy (non-hydrogen) atoms. The highest BCUT2D eigenvalue weighted by molar-refractivity contribution is 6.00. The molecular weight excluding hydrogens is 380 g/mol. The normalized spacial score (nSPS) is 21.8. The third kappa shape index (κ3) is 3.40. The molecule has 0 bridgehead atoms. The molecule has 1 saturated heterocycles. The van der Waals surface area contributed by atoms with Crippen LogP contribution in [0, 0.1) is 5.92 Å². The molecule has 2 amide bonds. The van der Waals surface area contributed by atoms with Gasteiger partial charge in [0.1, 0.15) is 13.2 Å². The van der Waals surface area contributed by atoms with Gasteiger partial charge in [-0.3, -0.25) is 9.59 Å². The van der Waals surface area contributed by atoms with Crippen LogP contribution in [0.1, 0.15) is 31.2 Å². The number of ether oxygens (including phenoxy) is 2. The molecule has 0 spiro atoms. The third-order valence-corrected chi connectivity index (χ3v) is 6.63. The second-order valence-electron chi connectivity index (χ2n) is 8.45. The minimum atomic E-state index is -0.335. The van der Waals surface area contributed by atoms with Crippen LogP contribution in [0.5, 0.6) is 11.5 Å². The van der Waals surface area contributed by atoms with E-state index in [2.05, 4.69) is 29.6 Å². The Hall–Kier alpha value is -3.02. The van der Waals surface area contributed by atoms with Gasteiger partial charge >= 0.3 is 0 Å². The summed E-state index contributed by atoms with van der Waals surface area (Å²) < 4.78 is 11.2. The van der Waals surface area contributed by atoms with E-state index in [1.807, 2.05) is 24.3 Å². The van der Waals surface area contributed by atoms with E-state index in [4.69, 9.17) is 9.47 Å². The molecule has 1 unspecified atom stereocenters. The molecule has 1 atom stereocenters. The molecule has 2 aromatic carbocycles. The minimum Gasteiger partial charge on any atom is -0.486 e. The van der Waals surface area contributed by atoms with Gasteiger partial charge in [0.25, 0.3) is 0 Å². The molecule has 0 radical (unpaired) electrons. The van der Waals surface area contributed by atoms with Gasteiger partial charge in [0, 0.05) is 36.7 Å². The molecule has 6 nitrogen and oxygen atoms in total. The van der Waals surface area contributed by atoms with Crippen molar-refractivity contribution in [3.63, 3.8) is 0 Å². The van der Waals surface area contributed by atoms with Gasteiger partial charge in [-0.1, -0.05) is 36.8 Å². The van der Waals surface area contributed by atoms with Gasteiger partial charge < -0.3 is 19.7 Å². The Labute approximate surface area is 176 Å². The van der Waals surface area contributed by atoms with Gasteiger partial charge in [-0.25, -0.2) is 0 Å². The van der Waals surface area contributed by atoms with Crippen LogP contribution in [-0.2, 0) is 15.0 Å². The van der Waals surface area contributed by atoms with E-state index >= 15 is 0 Å². The van der Waals surface area contributed by atoms with E-state index < -0.39 is 0 Å². The summed E-state index contributed by atoms with van der Waals surface area (Å²) in [5.41, 5.74) is 2.07. The Balaban J connectivity index is 1.24. The summed E-state index contributed by atoms with van der Waals surface area (Å²) in [7, 11) is 0. The van der Waals surface area contributed by atoms with E-state index in [9.17, 15) is 9.59 Å². The van der Waals surface area contributed by atoms with Crippen LogP contribution in [-0.4, -0.2) is 38.1 Å². The summed E-state index contributed by atoms with van der Waals surface area (Å²) in [5.74, 6) is 0.935. The Morgan fingerprint density at radius 3 is 2.57 bits per heavy atom. The van der Waals surface area contributed by atoms with Gasteiger partial charge in [0.05, 0.1) is 5.92 Å². The maximum absolute atomic E-state index is 12.9. The number of nitrogens with one attached hydrogen (secondary N) is 1. The molecule has 1 N–H and O–H groups in total. The van der Waals surface area contributed by atoms with Crippen molar-refractivity contribution in [1.29, 1.82) is 0 Å². The average Bonchev–Trinajstić information content (AvgIpc) is 3.15. The number of amides is 2. The second-order valence-corrected chi connectivity index (χ2v) is 8.45. The lowest BCUT2D eigenvalue weighted by Crippen LogP contribution is -2.47. The summed E-state index contributed by atoms with van der Waals surface area (Å²) in [5, 5.41) is 3.15. The summed E-state index contributed by atoms with van der Waals surface area (Å²) in [6.07, 6.45) is 3.59. The fraction of sp³-hybridized carbons (Fsp3) is 0.417. The van der Waals surface area contributed by atoms with Crippen molar-refractivity contribution >= 4 is 17.5 Å². The molecule has 1 aliphatic carbocycles. The Kier molecular flexibility index (Phi) is 4.85. The molecule has 0 aromatic heterocycles. The van der Waals surface area contributed by atoms with E-state index in [-0.39, 0.29) is 29.6 Å². The molecule has 5 rings (SSSR count). The smallest absolute Gasteiger partial charge is 0.227 e. The predicted molar refractivity (Wildman–Crippen MR) is 113 cm³/mol. The number of hydrogen-bond acceptors (Lipinski definition) is 4. The second kappa shape index (κ2) is 7.67. The van der Waals surface area contributed by atoms with Crippen molar-refractivity contribution in [1.82, 2.24) is 5.32 Å². The van der Waals surface area contributed by atoms with Crippen molar-refractivity contribution in [3.8, 4) is 11.5 Å². The zero-order chi connectivity index (χ0) is 20.6. The number of fused-ring (bicyclic) bond motifs is 1. The van der Waals surface area contributed by atoms with Crippen molar-refractivity contribution in [2.24, 2.45) is 5.92 Å². The van der Waals surface area contributed by atoms with Gasteiger partial charge in [-0.2, -0.15) is 0 Å². The molecule has 2 fully saturated rings. The first-order chi connectivity index (χ1) is 14.6. The highest BCUT2D eigenvalue weighted by Gasteiger charge is 2.40. The standard InChI is InChI=1S/C24H26N2O4/c27-22-13-17(15-26(22)19-7-8-20-21(14-19)30-12-11-29-20)23(28)25-16-24(9-4-10-24)18-5-2-1-3-6-18/h1-3,5-8,14,17H,4,9-13,15-16H2,(H,25,28). The molecule has 156 valence electrons. The lowest BCUT2D eigenvalue weighted by atomic mass is 9.64. The number of nitrogens with zero attached hydrogens (tertiary/aromatic N) is 1. The van der Waals surface area contributed by atoms with Crippen LogP contribution >= 0.6 is 0 Å². The van der Waals surface area contributed by atoms with Crippen molar-refractivity contribution in [3.05, 3.63) is 54.1 Å². The topological polar surface area (TPSA) is 67.9 Å². The molecule has 3 aliphatic rings. The SMILES string of the molecule is O=C(NCC1(c2ccccc2)CCC1)C1CC(=O)N(c2ccc3c(c2)OCCO3)C1. The number of carbonyl (C=O) groups is 2. The lowest BCUT2D eigenvalue weighted by Gasteiger charge is -2.42. The fourth-order valence-corrected chi connectivity index (χ4v) is 4.70. The summed E-state index contributed by atoms with van der Waals surface area (Å²) in [6, 6.07) is 15.9. The summed E-state index contributed by atoms with van der Waals surface area (Å²) >= 11 is 0. The number of hydrogen-bond donors (Lipinski definition) is 1. The number of carbonyl (C=O) groups excluding carboxylic acids is 2. The highest BCUT2D eigenvalue weighted by atomic mass is 16.6. The van der Waals surface area contributed by atoms with E-state index in [0.29, 0.717) is 37.8 Å². The molecule has 2 aromatic rings. The lowest BCUT2D eigenvalue weighted by molar-refractivity contribution is -0.126. The van der Waals surface area contributed by atoms with Gasteiger partial charge in [-0.05, 0) is 30.5 Å². The van der Waals surface area contributed by atoms with Crippen LogP contribution in [0.4, 0.5) is 5.69 Å². The van der Waals surface area contributed by atoms with Crippen LogP contribution in [0.15, 0.2) is 48.5 Å². The zero-order valence-electron chi connectivity index (χ0n) is 16.9. The van der Waals surface area contributed by atoms with Crippen LogP contribution < -0.4 is 19.7 Å². The predicted octanol–water partition coefficient (Wildman–Crippen LogP) is 3.05. The third-order valence-electron chi connectivity index (χ3n) is 6.63. The average molecular weight is 406 g/mol. The van der Waals surface area contributed by atoms with Crippen LogP contribution in [0.3, 0.4) is 0 Å². The maximum Gasteiger partial charge on any atom is 0.227 e. The van der Waals surface area contributed by atoms with Gasteiger partial charge in [-0.15, -0.1) is 0 Å². The Bertz CT molecular complexity index is 955. The zero-order valence-corrected chi connectivity index (χ0v) is 16.9. The molecule has 2 heterocycles. The Morgan fingerprint density at radius 1 is 1.07 bits per heavy atom. The summed E-state index contributed by atoms with van der Waals surface area (Å²) in [6.45, 7) is 2.05. The molecular formula is C24H26N2O4. The van der Waals surface area contributed by atoms with Crippen molar-refractivity contribution < 1.29 is 19.1 Å². The quantitative estimate of drug-likeness (QED) is 0.829. The molecule has 6 heteroatoms. The van der Waals surface area contributed by atoms with E-state index in [1.165, 1.54) is 12.0 Å². The first kappa shape index (κ1) is 19.0. The maximum atomic E-state index is 12.9. The first-order valence-corrected chi connectivity index (χ1v) is 10.7. The number of rotatable bonds is 5. The van der Waals surface area contributed by atoms with Crippen molar-refractivity contribution in [2.75, 3.05) is 31.2 Å². The number of anilines is 1. The first-order valence-electron chi connectivity index (χ1n) is 10.7.